The number of nitrogens with zero attached hydrogens (tertiary/aromatic N) is 1. The van der Waals surface area contributed by atoms with Crippen molar-refractivity contribution in [3.63, 3.8) is 0 Å². The fourth-order valence-electron chi connectivity index (χ4n) is 1.41. The molecule has 9 heteroatoms. The molecule has 2 rings (SSSR count). The summed E-state index contributed by atoms with van der Waals surface area (Å²) in [6.07, 6.45) is -0.595. The zero-order chi connectivity index (χ0) is 12.6. The van der Waals surface area contributed by atoms with Crippen LogP contribution in [0.25, 0.3) is 0 Å². The monoisotopic (exact) mass is 313 g/mol. The van der Waals surface area contributed by atoms with Gasteiger partial charge in [-0.05, 0) is 30.1 Å². The van der Waals surface area contributed by atoms with Crippen molar-refractivity contribution in [3.05, 3.63) is 23.2 Å². The third-order valence-corrected chi connectivity index (χ3v) is 5.22. The highest BCUT2D eigenvalue weighted by molar-refractivity contribution is 8.08. The topological polar surface area (TPSA) is 75.4 Å². The number of benzene rings is 1. The molecule has 1 aliphatic rings. The second-order valence-electron chi connectivity index (χ2n) is 3.35. The molecule has 0 aromatic heterocycles. The SMILES string of the molecule is NS(=O)(=O)N1Sc2ccc(Cl)cc2NC1CCl. The van der Waals surface area contributed by atoms with E-state index in [-0.39, 0.29) is 5.88 Å². The Kier molecular flexibility index (Phi) is 3.77. The van der Waals surface area contributed by atoms with Crippen molar-refractivity contribution in [1.82, 2.24) is 3.71 Å². The van der Waals surface area contributed by atoms with E-state index in [2.05, 4.69) is 5.32 Å². The lowest BCUT2D eigenvalue weighted by atomic mass is 10.3. The summed E-state index contributed by atoms with van der Waals surface area (Å²) >= 11 is 12.6. The summed E-state index contributed by atoms with van der Waals surface area (Å²) in [5.74, 6) is 0.0788. The minimum Gasteiger partial charge on any atom is -0.366 e. The van der Waals surface area contributed by atoms with E-state index >= 15 is 0 Å². The van der Waals surface area contributed by atoms with Gasteiger partial charge in [0.15, 0.2) is 0 Å². The molecule has 1 heterocycles. The first-order chi connectivity index (χ1) is 7.91. The van der Waals surface area contributed by atoms with Crippen LogP contribution in [0.5, 0.6) is 0 Å². The predicted molar refractivity (Wildman–Crippen MR) is 70.4 cm³/mol. The van der Waals surface area contributed by atoms with Crippen LogP contribution in [0.4, 0.5) is 5.69 Å². The van der Waals surface area contributed by atoms with Gasteiger partial charge < -0.3 is 5.32 Å². The van der Waals surface area contributed by atoms with Crippen molar-refractivity contribution < 1.29 is 8.42 Å². The van der Waals surface area contributed by atoms with Gasteiger partial charge in [-0.15, -0.1) is 15.3 Å². The summed E-state index contributed by atoms with van der Waals surface area (Å²) in [6, 6.07) is 5.11. The molecule has 0 saturated heterocycles. The van der Waals surface area contributed by atoms with Gasteiger partial charge in [0.05, 0.1) is 11.6 Å². The van der Waals surface area contributed by atoms with Crippen LogP contribution in [0.15, 0.2) is 23.1 Å². The van der Waals surface area contributed by atoms with E-state index in [1.807, 2.05) is 0 Å². The molecule has 1 aliphatic heterocycles. The minimum absolute atomic E-state index is 0.0788. The zero-order valence-electron chi connectivity index (χ0n) is 8.43. The lowest BCUT2D eigenvalue weighted by Gasteiger charge is -2.33. The summed E-state index contributed by atoms with van der Waals surface area (Å²) < 4.78 is 23.8. The summed E-state index contributed by atoms with van der Waals surface area (Å²) in [7, 11) is -3.82. The van der Waals surface area contributed by atoms with Gasteiger partial charge in [0.2, 0.25) is 0 Å². The lowest BCUT2D eigenvalue weighted by molar-refractivity contribution is 0.507. The average molecular weight is 314 g/mol. The van der Waals surface area contributed by atoms with Crippen molar-refractivity contribution >= 4 is 51.0 Å². The van der Waals surface area contributed by atoms with Crippen LogP contribution in [0, 0.1) is 0 Å². The Morgan fingerprint density at radius 3 is 2.82 bits per heavy atom. The van der Waals surface area contributed by atoms with Crippen LogP contribution in [-0.4, -0.2) is 24.2 Å². The molecule has 1 atom stereocenters. The van der Waals surface area contributed by atoms with Gasteiger partial charge in [-0.3, -0.25) is 0 Å². The Hall–Kier alpha value is -0.180. The Morgan fingerprint density at radius 1 is 1.53 bits per heavy atom. The van der Waals surface area contributed by atoms with Gasteiger partial charge in [-0.1, -0.05) is 11.6 Å². The minimum atomic E-state index is -3.82. The molecule has 0 saturated carbocycles. The second-order valence-corrected chi connectivity index (χ2v) is 6.76. The fraction of sp³-hybridized carbons (Fsp3) is 0.250. The van der Waals surface area contributed by atoms with E-state index in [4.69, 9.17) is 28.3 Å². The van der Waals surface area contributed by atoms with Gasteiger partial charge in [0.1, 0.15) is 6.17 Å². The Morgan fingerprint density at radius 2 is 2.24 bits per heavy atom. The molecule has 0 amide bonds. The third kappa shape index (κ3) is 2.81. The molecule has 0 bridgehead atoms. The second kappa shape index (κ2) is 4.83. The average Bonchev–Trinajstić information content (AvgIpc) is 2.25. The Bertz CT molecular complexity index is 538. The van der Waals surface area contributed by atoms with Gasteiger partial charge in [0.25, 0.3) is 10.2 Å². The van der Waals surface area contributed by atoms with Crippen LogP contribution < -0.4 is 10.5 Å². The van der Waals surface area contributed by atoms with Crippen LogP contribution in [-0.2, 0) is 10.2 Å². The van der Waals surface area contributed by atoms with E-state index in [1.54, 1.807) is 18.2 Å². The molecule has 5 nitrogen and oxygen atoms in total. The standard InChI is InChI=1S/C8H9Cl2N3O2S2/c9-4-8-12-6-3-5(10)1-2-7(6)16-13(8)17(11,14)15/h1-3,8,12H,4H2,(H2,11,14,15). The van der Waals surface area contributed by atoms with Crippen molar-refractivity contribution in [2.75, 3.05) is 11.2 Å². The number of hydrogen-bond donors (Lipinski definition) is 2. The molecule has 17 heavy (non-hydrogen) atoms. The highest BCUT2D eigenvalue weighted by Crippen LogP contribution is 2.39. The number of alkyl halides is 1. The zero-order valence-corrected chi connectivity index (χ0v) is 11.6. The van der Waals surface area contributed by atoms with Gasteiger partial charge in [0, 0.05) is 9.92 Å². The number of nitrogens with one attached hydrogen (secondary N) is 1. The van der Waals surface area contributed by atoms with Crippen LogP contribution in [0.3, 0.4) is 0 Å². The molecular weight excluding hydrogens is 305 g/mol. The number of rotatable bonds is 2. The van der Waals surface area contributed by atoms with Gasteiger partial charge in [-0.25, -0.2) is 5.14 Å². The molecule has 0 spiro atoms. The van der Waals surface area contributed by atoms with E-state index in [0.29, 0.717) is 5.02 Å². The number of fused-ring (bicyclic) bond motifs is 1. The summed E-state index contributed by atoms with van der Waals surface area (Å²) in [6.45, 7) is 0. The van der Waals surface area contributed by atoms with Crippen molar-refractivity contribution in [1.29, 1.82) is 0 Å². The maximum atomic E-state index is 11.4. The lowest BCUT2D eigenvalue weighted by Crippen LogP contribution is -2.46. The van der Waals surface area contributed by atoms with E-state index < -0.39 is 16.4 Å². The van der Waals surface area contributed by atoms with Crippen LogP contribution >= 0.6 is 35.1 Å². The van der Waals surface area contributed by atoms with E-state index in [1.165, 1.54) is 0 Å². The number of nitrogens with two attached hydrogens (primary N) is 1. The van der Waals surface area contributed by atoms with Crippen molar-refractivity contribution in [2.24, 2.45) is 5.14 Å². The van der Waals surface area contributed by atoms with E-state index in [0.717, 1.165) is 26.2 Å². The first kappa shape index (κ1) is 13.3. The quantitative estimate of drug-likeness (QED) is 0.645. The summed E-state index contributed by atoms with van der Waals surface area (Å²) in [5, 5.41) is 8.65. The van der Waals surface area contributed by atoms with Crippen molar-refractivity contribution in [3.8, 4) is 0 Å². The smallest absolute Gasteiger partial charge is 0.288 e. The molecular formula is C8H9Cl2N3O2S2. The van der Waals surface area contributed by atoms with E-state index in [9.17, 15) is 8.42 Å². The maximum Gasteiger partial charge on any atom is 0.288 e. The highest BCUT2D eigenvalue weighted by Gasteiger charge is 2.33. The molecule has 1 aromatic carbocycles. The first-order valence-corrected chi connectivity index (χ1v) is 7.73. The highest BCUT2D eigenvalue weighted by atomic mass is 35.5. The molecule has 0 fully saturated rings. The summed E-state index contributed by atoms with van der Waals surface area (Å²) in [5.41, 5.74) is 0.744. The Balaban J connectivity index is 2.40. The molecule has 0 aliphatic carbocycles. The normalized spacial score (nSPS) is 20.8. The molecule has 0 radical (unpaired) electrons. The van der Waals surface area contributed by atoms with Gasteiger partial charge in [-0.2, -0.15) is 8.42 Å². The third-order valence-electron chi connectivity index (χ3n) is 2.10. The molecule has 3 N–H and O–H groups in total. The first-order valence-electron chi connectivity index (χ1n) is 4.54. The Labute approximate surface area is 114 Å². The molecule has 94 valence electrons. The largest absolute Gasteiger partial charge is 0.366 e. The van der Waals surface area contributed by atoms with Crippen LogP contribution in [0.2, 0.25) is 5.02 Å². The van der Waals surface area contributed by atoms with Crippen molar-refractivity contribution in [2.45, 2.75) is 11.1 Å². The van der Waals surface area contributed by atoms with Gasteiger partial charge >= 0.3 is 0 Å². The summed E-state index contributed by atoms with van der Waals surface area (Å²) in [4.78, 5) is 0.727. The number of anilines is 1. The van der Waals surface area contributed by atoms with Crippen LogP contribution in [0.1, 0.15) is 0 Å². The number of hydrogen-bond acceptors (Lipinski definition) is 4. The maximum absolute atomic E-state index is 11.4. The fourth-order valence-corrected chi connectivity index (χ4v) is 3.89. The number of halogens is 2. The predicted octanol–water partition coefficient (Wildman–Crippen LogP) is 1.84. The molecule has 1 unspecified atom stereocenters. The molecule has 1 aromatic rings.